The Morgan fingerprint density at radius 2 is 2.36 bits per heavy atom. The highest BCUT2D eigenvalue weighted by atomic mass is 32.2. The molecule has 14 heavy (non-hydrogen) atoms. The van der Waals surface area contributed by atoms with Gasteiger partial charge < -0.3 is 10.1 Å². The van der Waals surface area contributed by atoms with E-state index in [1.165, 1.54) is 0 Å². The number of rotatable bonds is 6. The van der Waals surface area contributed by atoms with Crippen molar-refractivity contribution in [1.29, 1.82) is 0 Å². The SMILES string of the molecule is C=CCOCCNC1CCS(=O)(=O)C1. The summed E-state index contributed by atoms with van der Waals surface area (Å²) < 4.78 is 27.3. The van der Waals surface area contributed by atoms with Gasteiger partial charge in [0.2, 0.25) is 0 Å². The third-order valence-electron chi connectivity index (χ3n) is 2.15. The molecule has 0 saturated carbocycles. The first-order chi connectivity index (χ1) is 6.64. The highest BCUT2D eigenvalue weighted by Crippen LogP contribution is 2.10. The van der Waals surface area contributed by atoms with E-state index in [0.29, 0.717) is 25.5 Å². The average molecular weight is 219 g/mol. The lowest BCUT2D eigenvalue weighted by atomic mass is 10.3. The van der Waals surface area contributed by atoms with E-state index in [0.717, 1.165) is 6.42 Å². The lowest BCUT2D eigenvalue weighted by Gasteiger charge is -2.09. The van der Waals surface area contributed by atoms with Crippen molar-refractivity contribution >= 4 is 9.84 Å². The molecule has 1 fully saturated rings. The van der Waals surface area contributed by atoms with E-state index in [1.54, 1.807) is 6.08 Å². The maximum Gasteiger partial charge on any atom is 0.151 e. The fourth-order valence-electron chi connectivity index (χ4n) is 1.46. The number of ether oxygens (including phenoxy) is 1. The molecule has 1 unspecified atom stereocenters. The Balaban J connectivity index is 2.06. The standard InChI is InChI=1S/C9H17NO3S/c1-2-5-13-6-4-10-9-3-7-14(11,12)8-9/h2,9-10H,1,3-8H2. The molecular formula is C9H17NO3S. The van der Waals surface area contributed by atoms with Crippen molar-refractivity contribution in [2.75, 3.05) is 31.3 Å². The van der Waals surface area contributed by atoms with Gasteiger partial charge in [-0.15, -0.1) is 6.58 Å². The van der Waals surface area contributed by atoms with Crippen LogP contribution in [0.15, 0.2) is 12.7 Å². The molecule has 1 aliphatic rings. The molecule has 5 heteroatoms. The van der Waals surface area contributed by atoms with Gasteiger partial charge in [-0.3, -0.25) is 0 Å². The van der Waals surface area contributed by atoms with Crippen molar-refractivity contribution in [3.05, 3.63) is 12.7 Å². The first kappa shape index (κ1) is 11.7. The Kier molecular flexibility index (Phi) is 4.57. The fraction of sp³-hybridized carbons (Fsp3) is 0.778. The van der Waals surface area contributed by atoms with E-state index in [9.17, 15) is 8.42 Å². The zero-order valence-corrected chi connectivity index (χ0v) is 9.05. The monoisotopic (exact) mass is 219 g/mol. The average Bonchev–Trinajstić information content (AvgIpc) is 2.45. The second kappa shape index (κ2) is 5.48. The molecule has 0 spiro atoms. The normalized spacial score (nSPS) is 25.0. The molecule has 1 N–H and O–H groups in total. The van der Waals surface area contributed by atoms with Crippen molar-refractivity contribution in [3.63, 3.8) is 0 Å². The Bertz CT molecular complexity index is 274. The Hall–Kier alpha value is -0.390. The summed E-state index contributed by atoms with van der Waals surface area (Å²) in [5.41, 5.74) is 0. The highest BCUT2D eigenvalue weighted by molar-refractivity contribution is 7.91. The minimum absolute atomic E-state index is 0.118. The van der Waals surface area contributed by atoms with Crippen molar-refractivity contribution in [1.82, 2.24) is 5.32 Å². The van der Waals surface area contributed by atoms with E-state index in [1.807, 2.05) is 0 Å². The van der Waals surface area contributed by atoms with E-state index in [-0.39, 0.29) is 11.8 Å². The van der Waals surface area contributed by atoms with Crippen molar-refractivity contribution < 1.29 is 13.2 Å². The van der Waals surface area contributed by atoms with Gasteiger partial charge in [0.15, 0.2) is 9.84 Å². The van der Waals surface area contributed by atoms with Crippen LogP contribution in [0.4, 0.5) is 0 Å². The molecule has 82 valence electrons. The summed E-state index contributed by atoms with van der Waals surface area (Å²) in [6, 6.07) is 0.118. The maximum atomic E-state index is 11.1. The summed E-state index contributed by atoms with van der Waals surface area (Å²) >= 11 is 0. The van der Waals surface area contributed by atoms with Crippen LogP contribution in [0, 0.1) is 0 Å². The van der Waals surface area contributed by atoms with E-state index in [4.69, 9.17) is 4.74 Å². The summed E-state index contributed by atoms with van der Waals surface area (Å²) in [5, 5.41) is 3.16. The van der Waals surface area contributed by atoms with Gasteiger partial charge in [-0.05, 0) is 6.42 Å². The summed E-state index contributed by atoms with van der Waals surface area (Å²) in [7, 11) is -2.76. The van der Waals surface area contributed by atoms with Gasteiger partial charge in [0.25, 0.3) is 0 Å². The van der Waals surface area contributed by atoms with Crippen LogP contribution in [0.25, 0.3) is 0 Å². The Labute approximate surface area is 85.3 Å². The predicted molar refractivity (Wildman–Crippen MR) is 56.1 cm³/mol. The van der Waals surface area contributed by atoms with Crippen LogP contribution in [-0.4, -0.2) is 45.7 Å². The first-order valence-corrected chi connectivity index (χ1v) is 6.58. The van der Waals surface area contributed by atoms with Gasteiger partial charge in [0.05, 0.1) is 24.7 Å². The van der Waals surface area contributed by atoms with Gasteiger partial charge in [0.1, 0.15) is 0 Å². The minimum Gasteiger partial charge on any atom is -0.376 e. The molecule has 1 atom stereocenters. The molecule has 0 aromatic rings. The van der Waals surface area contributed by atoms with Crippen molar-refractivity contribution in [3.8, 4) is 0 Å². The summed E-state index contributed by atoms with van der Waals surface area (Å²) in [6.45, 7) is 5.38. The third-order valence-corrected chi connectivity index (χ3v) is 3.92. The van der Waals surface area contributed by atoms with Gasteiger partial charge >= 0.3 is 0 Å². The van der Waals surface area contributed by atoms with Crippen molar-refractivity contribution in [2.45, 2.75) is 12.5 Å². The molecule has 0 aromatic heterocycles. The molecule has 4 nitrogen and oxygen atoms in total. The van der Waals surface area contributed by atoms with Crippen LogP contribution in [-0.2, 0) is 14.6 Å². The first-order valence-electron chi connectivity index (χ1n) is 4.76. The smallest absolute Gasteiger partial charge is 0.151 e. The Morgan fingerprint density at radius 3 is 2.93 bits per heavy atom. The van der Waals surface area contributed by atoms with Gasteiger partial charge in [-0.25, -0.2) is 8.42 Å². The van der Waals surface area contributed by atoms with Gasteiger partial charge in [0, 0.05) is 12.6 Å². The van der Waals surface area contributed by atoms with Crippen LogP contribution < -0.4 is 5.32 Å². The molecule has 0 bridgehead atoms. The highest BCUT2D eigenvalue weighted by Gasteiger charge is 2.26. The largest absolute Gasteiger partial charge is 0.376 e. The number of sulfone groups is 1. The van der Waals surface area contributed by atoms with E-state index < -0.39 is 9.84 Å². The topological polar surface area (TPSA) is 55.4 Å². The Morgan fingerprint density at radius 1 is 1.57 bits per heavy atom. The third kappa shape index (κ3) is 4.21. The molecule has 1 aliphatic heterocycles. The van der Waals surface area contributed by atoms with Crippen LogP contribution in [0.2, 0.25) is 0 Å². The molecule has 0 aliphatic carbocycles. The second-order valence-corrected chi connectivity index (χ2v) is 5.65. The molecular weight excluding hydrogens is 202 g/mol. The summed E-state index contributed by atoms with van der Waals surface area (Å²) in [4.78, 5) is 0. The quantitative estimate of drug-likeness (QED) is 0.503. The summed E-state index contributed by atoms with van der Waals surface area (Å²) in [5.74, 6) is 0.590. The molecule has 1 heterocycles. The van der Waals surface area contributed by atoms with Gasteiger partial charge in [-0.2, -0.15) is 0 Å². The van der Waals surface area contributed by atoms with Crippen LogP contribution in [0.3, 0.4) is 0 Å². The molecule has 0 amide bonds. The lowest BCUT2D eigenvalue weighted by Crippen LogP contribution is -2.32. The van der Waals surface area contributed by atoms with Crippen LogP contribution in [0.1, 0.15) is 6.42 Å². The number of hydrogen-bond donors (Lipinski definition) is 1. The second-order valence-electron chi connectivity index (χ2n) is 3.42. The minimum atomic E-state index is -2.76. The van der Waals surface area contributed by atoms with E-state index in [2.05, 4.69) is 11.9 Å². The molecule has 1 saturated heterocycles. The predicted octanol–water partition coefficient (Wildman–Crippen LogP) is -0.0343. The molecule has 0 aromatic carbocycles. The fourth-order valence-corrected chi connectivity index (χ4v) is 3.17. The zero-order valence-electron chi connectivity index (χ0n) is 8.24. The van der Waals surface area contributed by atoms with Crippen LogP contribution >= 0.6 is 0 Å². The van der Waals surface area contributed by atoms with Crippen molar-refractivity contribution in [2.24, 2.45) is 0 Å². The summed E-state index contributed by atoms with van der Waals surface area (Å²) in [6.07, 6.45) is 2.42. The maximum absolute atomic E-state index is 11.1. The molecule has 1 rings (SSSR count). The number of hydrogen-bond acceptors (Lipinski definition) is 4. The van der Waals surface area contributed by atoms with Crippen LogP contribution in [0.5, 0.6) is 0 Å². The van der Waals surface area contributed by atoms with E-state index >= 15 is 0 Å². The lowest BCUT2D eigenvalue weighted by molar-refractivity contribution is 0.162. The zero-order chi connectivity index (χ0) is 10.4. The van der Waals surface area contributed by atoms with Gasteiger partial charge in [-0.1, -0.05) is 6.08 Å². The number of nitrogens with one attached hydrogen (secondary N) is 1. The molecule has 0 radical (unpaired) electrons.